The van der Waals surface area contributed by atoms with Gasteiger partial charge in [0.25, 0.3) is 5.91 Å². The van der Waals surface area contributed by atoms with Crippen molar-refractivity contribution in [3.05, 3.63) is 65.2 Å². The molecule has 0 aliphatic carbocycles. The first-order valence-corrected chi connectivity index (χ1v) is 12.7. The number of nitrogens with zero attached hydrogens (tertiary/aromatic N) is 1. The normalized spacial score (nSPS) is 22.8. The molecule has 2 heterocycles. The summed E-state index contributed by atoms with van der Waals surface area (Å²) in [4.78, 5) is 17.2. The minimum Gasteiger partial charge on any atom is -0.351 e. The minimum atomic E-state index is -2.97. The molecular formula is C22H25N3O3S2. The zero-order valence-electron chi connectivity index (χ0n) is 17.0. The molecule has 0 saturated carbocycles. The Morgan fingerprint density at radius 2 is 1.97 bits per heavy atom. The number of amides is 1. The molecule has 1 amide bonds. The van der Waals surface area contributed by atoms with E-state index >= 15 is 0 Å². The molecular weight excluding hydrogens is 418 g/mol. The molecule has 0 aromatic heterocycles. The average molecular weight is 444 g/mol. The largest absolute Gasteiger partial charge is 0.351 e. The summed E-state index contributed by atoms with van der Waals surface area (Å²) in [5.74, 6) is 0.400. The number of carbonyl (C=O) groups excluding carboxylic acids is 1. The number of sulfone groups is 1. The fraction of sp³-hybridized carbons (Fsp3) is 0.364. The van der Waals surface area contributed by atoms with E-state index in [2.05, 4.69) is 34.7 Å². The van der Waals surface area contributed by atoms with Crippen molar-refractivity contribution in [1.82, 2.24) is 5.32 Å². The van der Waals surface area contributed by atoms with Crippen LogP contribution < -0.4 is 10.6 Å². The highest BCUT2D eigenvalue weighted by molar-refractivity contribution is 8.15. The number of aliphatic imine (C=N–C) groups is 1. The second-order valence-corrected chi connectivity index (χ2v) is 11.3. The van der Waals surface area contributed by atoms with Gasteiger partial charge in [-0.3, -0.25) is 9.79 Å². The third-order valence-corrected chi connectivity index (χ3v) is 8.64. The van der Waals surface area contributed by atoms with Crippen molar-refractivity contribution in [1.29, 1.82) is 0 Å². The van der Waals surface area contributed by atoms with E-state index in [4.69, 9.17) is 0 Å². The third kappa shape index (κ3) is 4.70. The van der Waals surface area contributed by atoms with Gasteiger partial charge in [-0.05, 0) is 36.1 Å². The zero-order valence-corrected chi connectivity index (χ0v) is 18.6. The molecule has 1 saturated heterocycles. The van der Waals surface area contributed by atoms with Gasteiger partial charge in [-0.25, -0.2) is 8.42 Å². The van der Waals surface area contributed by atoms with Crippen LogP contribution in [0.2, 0.25) is 0 Å². The number of amidine groups is 1. The highest BCUT2D eigenvalue weighted by Gasteiger charge is 2.42. The summed E-state index contributed by atoms with van der Waals surface area (Å²) in [7, 11) is -2.97. The molecule has 0 spiro atoms. The van der Waals surface area contributed by atoms with E-state index in [0.29, 0.717) is 12.1 Å². The summed E-state index contributed by atoms with van der Waals surface area (Å²) in [6.45, 7) is 4.61. The van der Waals surface area contributed by atoms with E-state index in [-0.39, 0.29) is 34.6 Å². The standard InChI is InChI=1S/C22H25N3O3S2/c1-14-8-9-17(21(26)23-11-15(2)16-6-4-3-5-7-16)10-18(14)24-22-25-19-12-30(27,28)13-20(19)29-22/h3-10,15,19-20H,11-13H2,1-2H3,(H,23,26)(H,24,25)/t15-,19+,20+/m0/s1. The monoisotopic (exact) mass is 443 g/mol. The van der Waals surface area contributed by atoms with Gasteiger partial charge < -0.3 is 10.6 Å². The van der Waals surface area contributed by atoms with Gasteiger partial charge in [-0.1, -0.05) is 55.1 Å². The highest BCUT2D eigenvalue weighted by atomic mass is 32.2. The van der Waals surface area contributed by atoms with E-state index in [1.54, 1.807) is 0 Å². The van der Waals surface area contributed by atoms with E-state index in [1.165, 1.54) is 17.3 Å². The lowest BCUT2D eigenvalue weighted by molar-refractivity contribution is 0.0951. The minimum absolute atomic E-state index is 0.0104. The summed E-state index contributed by atoms with van der Waals surface area (Å²) in [6.07, 6.45) is 0. The van der Waals surface area contributed by atoms with Crippen LogP contribution in [0.5, 0.6) is 0 Å². The van der Waals surface area contributed by atoms with Gasteiger partial charge in [0.1, 0.15) is 0 Å². The first kappa shape index (κ1) is 20.9. The second-order valence-electron chi connectivity index (χ2n) is 7.91. The summed E-state index contributed by atoms with van der Waals surface area (Å²) in [6, 6.07) is 15.5. The Labute approximate surface area is 181 Å². The van der Waals surface area contributed by atoms with E-state index in [0.717, 1.165) is 16.4 Å². The number of anilines is 1. The lowest BCUT2D eigenvalue weighted by Crippen LogP contribution is -2.27. The maximum Gasteiger partial charge on any atom is 0.251 e. The van der Waals surface area contributed by atoms with E-state index in [1.807, 2.05) is 43.3 Å². The molecule has 2 aliphatic rings. The van der Waals surface area contributed by atoms with Crippen LogP contribution in [0.1, 0.15) is 34.3 Å². The molecule has 0 radical (unpaired) electrons. The fourth-order valence-corrected chi connectivity index (χ4v) is 7.34. The Morgan fingerprint density at radius 3 is 2.70 bits per heavy atom. The number of nitrogens with one attached hydrogen (secondary N) is 2. The molecule has 4 rings (SSSR count). The van der Waals surface area contributed by atoms with Crippen LogP contribution in [0.4, 0.5) is 5.69 Å². The predicted molar refractivity (Wildman–Crippen MR) is 123 cm³/mol. The van der Waals surface area contributed by atoms with Crippen molar-refractivity contribution in [2.45, 2.75) is 31.1 Å². The van der Waals surface area contributed by atoms with Crippen molar-refractivity contribution in [2.24, 2.45) is 4.99 Å². The fourth-order valence-electron chi connectivity index (χ4n) is 3.68. The van der Waals surface area contributed by atoms with Crippen LogP contribution >= 0.6 is 11.8 Å². The Bertz CT molecular complexity index is 1080. The molecule has 0 bridgehead atoms. The van der Waals surface area contributed by atoms with Crippen LogP contribution in [0.3, 0.4) is 0 Å². The molecule has 0 unspecified atom stereocenters. The molecule has 6 nitrogen and oxygen atoms in total. The topological polar surface area (TPSA) is 87.6 Å². The smallest absolute Gasteiger partial charge is 0.251 e. The van der Waals surface area contributed by atoms with Crippen molar-refractivity contribution >= 4 is 38.4 Å². The maximum absolute atomic E-state index is 12.7. The van der Waals surface area contributed by atoms with Gasteiger partial charge >= 0.3 is 0 Å². The first-order chi connectivity index (χ1) is 14.3. The van der Waals surface area contributed by atoms with Crippen molar-refractivity contribution < 1.29 is 13.2 Å². The van der Waals surface area contributed by atoms with Crippen LogP contribution in [-0.4, -0.2) is 48.8 Å². The van der Waals surface area contributed by atoms with Gasteiger partial charge in [0.15, 0.2) is 15.0 Å². The number of aryl methyl sites for hydroxylation is 1. The Hall–Kier alpha value is -2.32. The number of fused-ring (bicyclic) bond motifs is 1. The molecule has 2 N–H and O–H groups in total. The van der Waals surface area contributed by atoms with Gasteiger partial charge in [-0.15, -0.1) is 0 Å². The zero-order chi connectivity index (χ0) is 21.3. The van der Waals surface area contributed by atoms with Gasteiger partial charge in [0.05, 0.1) is 17.5 Å². The summed E-state index contributed by atoms with van der Waals surface area (Å²) in [5, 5.41) is 7.01. The van der Waals surface area contributed by atoms with Crippen LogP contribution in [0.15, 0.2) is 53.5 Å². The van der Waals surface area contributed by atoms with Crippen LogP contribution in [0, 0.1) is 6.92 Å². The lowest BCUT2D eigenvalue weighted by atomic mass is 10.0. The summed E-state index contributed by atoms with van der Waals surface area (Å²) >= 11 is 1.47. The number of benzene rings is 2. The van der Waals surface area contributed by atoms with Crippen LogP contribution in [0.25, 0.3) is 0 Å². The molecule has 2 aliphatic heterocycles. The van der Waals surface area contributed by atoms with Gasteiger partial charge in [0, 0.05) is 23.0 Å². The van der Waals surface area contributed by atoms with Crippen molar-refractivity contribution in [2.75, 3.05) is 23.4 Å². The maximum atomic E-state index is 12.7. The molecule has 2 aromatic rings. The van der Waals surface area contributed by atoms with Gasteiger partial charge in [-0.2, -0.15) is 0 Å². The first-order valence-electron chi connectivity index (χ1n) is 9.96. The van der Waals surface area contributed by atoms with E-state index in [9.17, 15) is 13.2 Å². The summed E-state index contributed by atoms with van der Waals surface area (Å²) in [5.41, 5.74) is 3.58. The quantitative estimate of drug-likeness (QED) is 0.741. The number of carbonyl (C=O) groups is 1. The summed E-state index contributed by atoms with van der Waals surface area (Å²) < 4.78 is 23.5. The molecule has 30 heavy (non-hydrogen) atoms. The molecule has 8 heteroatoms. The third-order valence-electron chi connectivity index (χ3n) is 5.50. The molecule has 158 valence electrons. The molecule has 3 atom stereocenters. The number of rotatable bonds is 5. The Morgan fingerprint density at radius 1 is 1.20 bits per heavy atom. The predicted octanol–water partition coefficient (Wildman–Crippen LogP) is 3.21. The van der Waals surface area contributed by atoms with Crippen molar-refractivity contribution in [3.63, 3.8) is 0 Å². The SMILES string of the molecule is Cc1ccc(C(=O)NC[C@H](C)c2ccccc2)cc1NC1=N[C@@H]2CS(=O)(=O)C[C@H]2S1. The van der Waals surface area contributed by atoms with Gasteiger partial charge in [0.2, 0.25) is 0 Å². The Balaban J connectivity index is 1.40. The number of hydrogen-bond acceptors (Lipinski definition) is 6. The Kier molecular flexibility index (Phi) is 5.88. The molecule has 2 aromatic carbocycles. The second kappa shape index (κ2) is 8.43. The number of thioether (sulfide) groups is 1. The highest BCUT2D eigenvalue weighted by Crippen LogP contribution is 2.35. The van der Waals surface area contributed by atoms with Crippen LogP contribution in [-0.2, 0) is 9.84 Å². The van der Waals surface area contributed by atoms with E-state index < -0.39 is 9.84 Å². The average Bonchev–Trinajstić information content (AvgIpc) is 3.20. The molecule has 1 fully saturated rings. The lowest BCUT2D eigenvalue weighted by Gasteiger charge is -2.15. The van der Waals surface area contributed by atoms with Crippen molar-refractivity contribution in [3.8, 4) is 0 Å². The number of hydrogen-bond donors (Lipinski definition) is 2.